The van der Waals surface area contributed by atoms with Crippen molar-refractivity contribution in [2.24, 2.45) is 5.73 Å². The molecule has 2 nitrogen and oxygen atoms in total. The molecule has 0 saturated carbocycles. The van der Waals surface area contributed by atoms with Crippen molar-refractivity contribution < 1.29 is 0 Å². The molecule has 1 aliphatic rings. The van der Waals surface area contributed by atoms with E-state index in [0.717, 1.165) is 11.3 Å². The van der Waals surface area contributed by atoms with E-state index in [1.807, 2.05) is 11.8 Å². The zero-order chi connectivity index (χ0) is 12.4. The Kier molecular flexibility index (Phi) is 3.68. The van der Waals surface area contributed by atoms with Crippen molar-refractivity contribution in [3.8, 4) is 11.3 Å². The second-order valence-electron chi connectivity index (χ2n) is 4.48. The number of thioether (sulfide) groups is 1. The molecule has 0 bridgehead atoms. The first-order valence-corrected chi connectivity index (χ1v) is 8.16. The first-order valence-electron chi connectivity index (χ1n) is 6.23. The van der Waals surface area contributed by atoms with Crippen molar-refractivity contribution in [3.63, 3.8) is 0 Å². The highest BCUT2D eigenvalue weighted by Gasteiger charge is 2.20. The molecule has 1 fully saturated rings. The largest absolute Gasteiger partial charge is 0.326 e. The monoisotopic (exact) mass is 276 g/mol. The fourth-order valence-electron chi connectivity index (χ4n) is 2.20. The summed E-state index contributed by atoms with van der Waals surface area (Å²) in [6.45, 7) is 0.587. The molecule has 2 N–H and O–H groups in total. The van der Waals surface area contributed by atoms with E-state index < -0.39 is 0 Å². The summed E-state index contributed by atoms with van der Waals surface area (Å²) in [7, 11) is 0. The molecule has 1 unspecified atom stereocenters. The number of nitrogens with two attached hydrogens (primary N) is 1. The van der Waals surface area contributed by atoms with Gasteiger partial charge in [-0.05, 0) is 30.2 Å². The first kappa shape index (κ1) is 12.2. The van der Waals surface area contributed by atoms with Gasteiger partial charge < -0.3 is 5.73 Å². The summed E-state index contributed by atoms with van der Waals surface area (Å²) < 4.78 is 0. The molecule has 2 heterocycles. The molecule has 1 aliphatic heterocycles. The van der Waals surface area contributed by atoms with E-state index in [-0.39, 0.29) is 0 Å². The number of benzene rings is 1. The van der Waals surface area contributed by atoms with Crippen LogP contribution < -0.4 is 5.73 Å². The number of hydrogen-bond donors (Lipinski definition) is 1. The highest BCUT2D eigenvalue weighted by atomic mass is 32.2. The predicted octanol–water partition coefficient (Wildman–Crippen LogP) is 3.84. The van der Waals surface area contributed by atoms with Crippen molar-refractivity contribution in [3.05, 3.63) is 40.2 Å². The molecule has 1 atom stereocenters. The highest BCUT2D eigenvalue weighted by Crippen LogP contribution is 2.41. The summed E-state index contributed by atoms with van der Waals surface area (Å²) in [6.07, 6.45) is 2.60. The summed E-state index contributed by atoms with van der Waals surface area (Å²) in [5.41, 5.74) is 9.12. The minimum absolute atomic E-state index is 0.587. The van der Waals surface area contributed by atoms with Crippen LogP contribution >= 0.6 is 23.1 Å². The summed E-state index contributed by atoms with van der Waals surface area (Å²) in [4.78, 5) is 4.79. The summed E-state index contributed by atoms with van der Waals surface area (Å²) in [6, 6.07) is 8.37. The lowest BCUT2D eigenvalue weighted by molar-refractivity contribution is 0.823. The van der Waals surface area contributed by atoms with Gasteiger partial charge in [0.05, 0.1) is 10.9 Å². The standard InChI is InChI=1S/C14H16N2S2/c15-8-10-3-1-4-11(7-10)12-9-18-14(16-12)13-5-2-6-17-13/h1,3-4,7,9,13H,2,5-6,8,15H2. The second kappa shape index (κ2) is 5.43. The maximum absolute atomic E-state index is 5.68. The Morgan fingerprint density at radius 3 is 3.11 bits per heavy atom. The molecule has 1 saturated heterocycles. The Labute approximate surface area is 116 Å². The van der Waals surface area contributed by atoms with Crippen LogP contribution in [0.4, 0.5) is 0 Å². The van der Waals surface area contributed by atoms with E-state index >= 15 is 0 Å². The molecule has 0 radical (unpaired) electrons. The van der Waals surface area contributed by atoms with Crippen molar-refractivity contribution in [1.29, 1.82) is 0 Å². The summed E-state index contributed by atoms with van der Waals surface area (Å²) in [5.74, 6) is 1.28. The van der Waals surface area contributed by atoms with Gasteiger partial charge in [0.15, 0.2) is 0 Å². The van der Waals surface area contributed by atoms with Gasteiger partial charge in [-0.1, -0.05) is 18.2 Å². The summed E-state index contributed by atoms with van der Waals surface area (Å²) >= 11 is 3.83. The van der Waals surface area contributed by atoms with Gasteiger partial charge in [0, 0.05) is 17.5 Å². The van der Waals surface area contributed by atoms with Gasteiger partial charge in [0.2, 0.25) is 0 Å². The van der Waals surface area contributed by atoms with E-state index in [9.17, 15) is 0 Å². The number of hydrogen-bond acceptors (Lipinski definition) is 4. The fourth-order valence-corrected chi connectivity index (χ4v) is 4.56. The lowest BCUT2D eigenvalue weighted by atomic mass is 10.1. The van der Waals surface area contributed by atoms with Gasteiger partial charge in [-0.15, -0.1) is 11.3 Å². The molecule has 0 amide bonds. The number of nitrogens with zero attached hydrogens (tertiary/aromatic N) is 1. The van der Waals surface area contributed by atoms with Crippen LogP contribution in [-0.2, 0) is 6.54 Å². The molecule has 2 aromatic rings. The van der Waals surface area contributed by atoms with E-state index in [4.69, 9.17) is 10.7 Å². The lowest BCUT2D eigenvalue weighted by Crippen LogP contribution is -1.95. The van der Waals surface area contributed by atoms with E-state index in [1.54, 1.807) is 11.3 Å². The van der Waals surface area contributed by atoms with Gasteiger partial charge in [-0.25, -0.2) is 4.98 Å². The average molecular weight is 276 g/mol. The molecule has 1 aromatic carbocycles. The summed E-state index contributed by atoms with van der Waals surface area (Å²) in [5, 5.41) is 4.08. The maximum Gasteiger partial charge on any atom is 0.106 e. The van der Waals surface area contributed by atoms with Gasteiger partial charge in [-0.3, -0.25) is 0 Å². The fraction of sp³-hybridized carbons (Fsp3) is 0.357. The molecular weight excluding hydrogens is 260 g/mol. The Bertz CT molecular complexity index is 530. The van der Waals surface area contributed by atoms with Crippen LogP contribution in [0.25, 0.3) is 11.3 Å². The zero-order valence-electron chi connectivity index (χ0n) is 10.1. The average Bonchev–Trinajstić information content (AvgIpc) is 3.09. The third-order valence-electron chi connectivity index (χ3n) is 3.19. The van der Waals surface area contributed by atoms with Gasteiger partial charge in [-0.2, -0.15) is 11.8 Å². The molecule has 94 valence electrons. The van der Waals surface area contributed by atoms with Gasteiger partial charge in [0.25, 0.3) is 0 Å². The molecular formula is C14H16N2S2. The topological polar surface area (TPSA) is 38.9 Å². The van der Waals surface area contributed by atoms with Crippen molar-refractivity contribution in [2.75, 3.05) is 5.75 Å². The van der Waals surface area contributed by atoms with Crippen molar-refractivity contribution in [2.45, 2.75) is 24.6 Å². The number of rotatable bonds is 3. The van der Waals surface area contributed by atoms with Crippen LogP contribution in [0.15, 0.2) is 29.6 Å². The molecule has 3 rings (SSSR count). The third-order valence-corrected chi connectivity index (χ3v) is 5.68. The minimum Gasteiger partial charge on any atom is -0.326 e. The van der Waals surface area contributed by atoms with Gasteiger partial charge >= 0.3 is 0 Å². The van der Waals surface area contributed by atoms with Crippen LogP contribution in [0.2, 0.25) is 0 Å². The maximum atomic E-state index is 5.68. The molecule has 0 aliphatic carbocycles. The minimum atomic E-state index is 0.587. The number of thiazole rings is 1. The van der Waals surface area contributed by atoms with E-state index in [2.05, 4.69) is 29.6 Å². The Balaban J connectivity index is 1.87. The normalized spacial score (nSPS) is 19.3. The first-order chi connectivity index (χ1) is 8.86. The lowest BCUT2D eigenvalue weighted by Gasteiger charge is -2.03. The van der Waals surface area contributed by atoms with E-state index in [0.29, 0.717) is 11.8 Å². The Morgan fingerprint density at radius 2 is 2.33 bits per heavy atom. The van der Waals surface area contributed by atoms with Crippen LogP contribution in [0, 0.1) is 0 Å². The Morgan fingerprint density at radius 1 is 1.39 bits per heavy atom. The van der Waals surface area contributed by atoms with E-state index in [1.165, 1.54) is 29.2 Å². The molecule has 1 aromatic heterocycles. The van der Waals surface area contributed by atoms with Gasteiger partial charge in [0.1, 0.15) is 5.01 Å². The predicted molar refractivity (Wildman–Crippen MR) is 79.9 cm³/mol. The van der Waals surface area contributed by atoms with Crippen LogP contribution in [0.3, 0.4) is 0 Å². The quantitative estimate of drug-likeness (QED) is 0.926. The smallest absolute Gasteiger partial charge is 0.106 e. The second-order valence-corrected chi connectivity index (χ2v) is 6.68. The highest BCUT2D eigenvalue weighted by molar-refractivity contribution is 7.99. The molecule has 4 heteroatoms. The zero-order valence-corrected chi connectivity index (χ0v) is 11.8. The van der Waals surface area contributed by atoms with Crippen LogP contribution in [0.5, 0.6) is 0 Å². The van der Waals surface area contributed by atoms with Crippen LogP contribution in [0.1, 0.15) is 28.7 Å². The third kappa shape index (κ3) is 2.46. The van der Waals surface area contributed by atoms with Crippen molar-refractivity contribution >= 4 is 23.1 Å². The Hall–Kier alpha value is -0.840. The van der Waals surface area contributed by atoms with Crippen LogP contribution in [-0.4, -0.2) is 10.7 Å². The van der Waals surface area contributed by atoms with Crippen molar-refractivity contribution in [1.82, 2.24) is 4.98 Å². The number of aromatic nitrogens is 1. The molecule has 0 spiro atoms. The molecule has 18 heavy (non-hydrogen) atoms. The SMILES string of the molecule is NCc1cccc(-c2csc(C3CCCS3)n2)c1.